The van der Waals surface area contributed by atoms with Gasteiger partial charge in [-0.05, 0) is 85.6 Å². The standard InChI is InChI=1S/C60H42N4/c1-39-33-40(2)35-45(34-39)43-29-31-58-50(36-43)48-23-11-16-28-57(48)64(58)59-32-30-44(60-61-52(41-17-5-3-6-18-41)38-53(62-60)42-19-7-4-8-20-42)37-51(59)49-24-12-15-27-56(49)63-54-25-13-9-21-46(54)47-22-10-14-26-55(47)63/h3-38H,1-2H3. The molecule has 302 valence electrons. The molecule has 0 aliphatic heterocycles. The van der Waals surface area contributed by atoms with Gasteiger partial charge in [-0.3, -0.25) is 0 Å². The van der Waals surface area contributed by atoms with Crippen molar-refractivity contribution in [2.75, 3.05) is 0 Å². The summed E-state index contributed by atoms with van der Waals surface area (Å²) in [5.41, 5.74) is 18.7. The van der Waals surface area contributed by atoms with E-state index in [1.807, 2.05) is 12.1 Å². The summed E-state index contributed by atoms with van der Waals surface area (Å²) in [6.07, 6.45) is 0. The molecule has 0 aliphatic carbocycles. The van der Waals surface area contributed by atoms with Gasteiger partial charge in [0.2, 0.25) is 0 Å². The number of aryl methyl sites for hydroxylation is 2. The molecule has 0 atom stereocenters. The molecule has 0 aliphatic rings. The van der Waals surface area contributed by atoms with Crippen LogP contribution in [0, 0.1) is 13.8 Å². The number of fused-ring (bicyclic) bond motifs is 6. The van der Waals surface area contributed by atoms with Crippen molar-refractivity contribution < 1.29 is 0 Å². The highest BCUT2D eigenvalue weighted by atomic mass is 15.0. The highest BCUT2D eigenvalue weighted by molar-refractivity contribution is 6.12. The molecule has 0 radical (unpaired) electrons. The van der Waals surface area contributed by atoms with Crippen LogP contribution in [0.1, 0.15) is 11.1 Å². The SMILES string of the molecule is Cc1cc(C)cc(-c2ccc3c(c2)c2ccccc2n3-c2ccc(-c3nc(-c4ccccc4)cc(-c4ccccc4)n3)cc2-c2ccccc2-n2c3ccccc3c3ccccc32)c1. The van der Waals surface area contributed by atoms with Gasteiger partial charge < -0.3 is 9.13 Å². The Hall–Kier alpha value is -8.34. The Morgan fingerprint density at radius 3 is 1.36 bits per heavy atom. The first-order chi connectivity index (χ1) is 31.6. The van der Waals surface area contributed by atoms with Crippen molar-refractivity contribution in [2.24, 2.45) is 0 Å². The first-order valence-corrected chi connectivity index (χ1v) is 21.9. The predicted octanol–water partition coefficient (Wildman–Crippen LogP) is 15.6. The van der Waals surface area contributed by atoms with Gasteiger partial charge in [0.15, 0.2) is 5.82 Å². The van der Waals surface area contributed by atoms with E-state index >= 15 is 0 Å². The van der Waals surface area contributed by atoms with Gasteiger partial charge in [0.05, 0.1) is 44.8 Å². The van der Waals surface area contributed by atoms with Crippen LogP contribution < -0.4 is 0 Å². The lowest BCUT2D eigenvalue weighted by Gasteiger charge is -2.20. The fourth-order valence-corrected chi connectivity index (χ4v) is 9.81. The van der Waals surface area contributed by atoms with Gasteiger partial charge >= 0.3 is 0 Å². The van der Waals surface area contributed by atoms with Crippen LogP contribution in [0.2, 0.25) is 0 Å². The summed E-state index contributed by atoms with van der Waals surface area (Å²) in [6, 6.07) is 78.6. The van der Waals surface area contributed by atoms with Crippen LogP contribution in [0.4, 0.5) is 0 Å². The van der Waals surface area contributed by atoms with E-state index in [1.54, 1.807) is 0 Å². The number of benzene rings is 9. The second-order valence-electron chi connectivity index (χ2n) is 16.8. The highest BCUT2D eigenvalue weighted by Gasteiger charge is 2.22. The van der Waals surface area contributed by atoms with Gasteiger partial charge in [-0.25, -0.2) is 9.97 Å². The molecule has 0 N–H and O–H groups in total. The lowest BCUT2D eigenvalue weighted by molar-refractivity contribution is 1.15. The minimum atomic E-state index is 0.669. The molecule has 3 heterocycles. The van der Waals surface area contributed by atoms with Crippen molar-refractivity contribution in [3.05, 3.63) is 230 Å². The van der Waals surface area contributed by atoms with Gasteiger partial charge in [-0.1, -0.05) is 169 Å². The minimum absolute atomic E-state index is 0.669. The Morgan fingerprint density at radius 2 is 0.766 bits per heavy atom. The molecule has 0 saturated carbocycles. The van der Waals surface area contributed by atoms with E-state index in [1.165, 1.54) is 43.8 Å². The Bertz CT molecular complexity index is 3610. The summed E-state index contributed by atoms with van der Waals surface area (Å²) >= 11 is 0. The predicted molar refractivity (Wildman–Crippen MR) is 267 cm³/mol. The molecule has 64 heavy (non-hydrogen) atoms. The van der Waals surface area contributed by atoms with Crippen LogP contribution in [0.5, 0.6) is 0 Å². The van der Waals surface area contributed by atoms with Crippen LogP contribution in [-0.2, 0) is 0 Å². The lowest BCUT2D eigenvalue weighted by atomic mass is 9.97. The number of hydrogen-bond donors (Lipinski definition) is 0. The van der Waals surface area contributed by atoms with E-state index < -0.39 is 0 Å². The van der Waals surface area contributed by atoms with Crippen molar-refractivity contribution in [3.63, 3.8) is 0 Å². The second kappa shape index (κ2) is 15.2. The number of hydrogen-bond acceptors (Lipinski definition) is 2. The molecule has 12 aromatic rings. The quantitative estimate of drug-likeness (QED) is 0.161. The van der Waals surface area contributed by atoms with E-state index in [-0.39, 0.29) is 0 Å². The van der Waals surface area contributed by atoms with E-state index in [2.05, 4.69) is 229 Å². The van der Waals surface area contributed by atoms with Crippen molar-refractivity contribution >= 4 is 43.6 Å². The summed E-state index contributed by atoms with van der Waals surface area (Å²) in [4.78, 5) is 10.6. The molecule has 9 aromatic carbocycles. The average Bonchev–Trinajstić information content (AvgIpc) is 3.86. The second-order valence-corrected chi connectivity index (χ2v) is 16.8. The largest absolute Gasteiger partial charge is 0.309 e. The molecule has 0 amide bonds. The molecule has 12 rings (SSSR count). The van der Waals surface area contributed by atoms with Crippen molar-refractivity contribution in [1.82, 2.24) is 19.1 Å². The zero-order valence-electron chi connectivity index (χ0n) is 35.6. The van der Waals surface area contributed by atoms with Crippen molar-refractivity contribution in [1.29, 1.82) is 0 Å². The number of rotatable bonds is 7. The van der Waals surface area contributed by atoms with Crippen LogP contribution in [0.3, 0.4) is 0 Å². The summed E-state index contributed by atoms with van der Waals surface area (Å²) in [6.45, 7) is 4.35. The minimum Gasteiger partial charge on any atom is -0.309 e. The molecular weight excluding hydrogens is 777 g/mol. The van der Waals surface area contributed by atoms with Gasteiger partial charge in [-0.15, -0.1) is 0 Å². The van der Waals surface area contributed by atoms with Crippen LogP contribution in [0.25, 0.3) is 111 Å². The molecular formula is C60H42N4. The Labute approximate surface area is 372 Å². The molecule has 0 fully saturated rings. The van der Waals surface area contributed by atoms with Crippen LogP contribution in [0.15, 0.2) is 218 Å². The average molecular weight is 819 g/mol. The topological polar surface area (TPSA) is 35.6 Å². The third-order valence-corrected chi connectivity index (χ3v) is 12.6. The molecule has 4 nitrogen and oxygen atoms in total. The summed E-state index contributed by atoms with van der Waals surface area (Å²) < 4.78 is 4.88. The molecule has 3 aromatic heterocycles. The zero-order chi connectivity index (χ0) is 42.7. The van der Waals surface area contributed by atoms with Crippen molar-refractivity contribution in [2.45, 2.75) is 13.8 Å². The summed E-state index contributed by atoms with van der Waals surface area (Å²) in [5.74, 6) is 0.669. The van der Waals surface area contributed by atoms with Crippen molar-refractivity contribution in [3.8, 4) is 67.5 Å². The van der Waals surface area contributed by atoms with E-state index in [4.69, 9.17) is 9.97 Å². The summed E-state index contributed by atoms with van der Waals surface area (Å²) in [7, 11) is 0. The highest BCUT2D eigenvalue weighted by Crippen LogP contribution is 2.43. The fraction of sp³-hybridized carbons (Fsp3) is 0.0333. The van der Waals surface area contributed by atoms with Gasteiger partial charge in [0.1, 0.15) is 0 Å². The van der Waals surface area contributed by atoms with E-state index in [0.717, 1.165) is 72.6 Å². The Kier molecular flexibility index (Phi) is 8.91. The molecule has 0 bridgehead atoms. The number of aromatic nitrogens is 4. The third kappa shape index (κ3) is 6.30. The third-order valence-electron chi connectivity index (χ3n) is 12.6. The monoisotopic (exact) mass is 818 g/mol. The maximum Gasteiger partial charge on any atom is 0.160 e. The number of para-hydroxylation sites is 4. The van der Waals surface area contributed by atoms with Gasteiger partial charge in [0, 0.05) is 49.4 Å². The maximum atomic E-state index is 5.31. The Balaban J connectivity index is 1.15. The maximum absolute atomic E-state index is 5.31. The molecule has 0 spiro atoms. The number of nitrogens with zero attached hydrogens (tertiary/aromatic N) is 4. The lowest BCUT2D eigenvalue weighted by Crippen LogP contribution is -2.02. The zero-order valence-corrected chi connectivity index (χ0v) is 35.6. The first kappa shape index (κ1) is 37.4. The first-order valence-electron chi connectivity index (χ1n) is 21.9. The molecule has 0 unspecified atom stereocenters. The fourth-order valence-electron chi connectivity index (χ4n) is 9.81. The van der Waals surface area contributed by atoms with Gasteiger partial charge in [-0.2, -0.15) is 0 Å². The van der Waals surface area contributed by atoms with Gasteiger partial charge in [0.25, 0.3) is 0 Å². The normalized spacial score (nSPS) is 11.6. The van der Waals surface area contributed by atoms with E-state index in [0.29, 0.717) is 5.82 Å². The van der Waals surface area contributed by atoms with E-state index in [9.17, 15) is 0 Å². The smallest absolute Gasteiger partial charge is 0.160 e. The molecule has 4 heteroatoms. The summed E-state index contributed by atoms with van der Waals surface area (Å²) in [5, 5.41) is 4.87. The molecule has 0 saturated heterocycles. The Morgan fingerprint density at radius 1 is 0.297 bits per heavy atom. The van der Waals surface area contributed by atoms with Crippen LogP contribution >= 0.6 is 0 Å². The van der Waals surface area contributed by atoms with Crippen LogP contribution in [-0.4, -0.2) is 19.1 Å².